The Hall–Kier alpha value is -2.13. The third kappa shape index (κ3) is 3.68. The van der Waals surface area contributed by atoms with Crippen LogP contribution in [0.15, 0.2) is 24.3 Å². The Bertz CT molecular complexity index is 681. The molecule has 1 aromatic carbocycles. The van der Waals surface area contributed by atoms with Crippen molar-refractivity contribution in [2.45, 2.75) is 25.7 Å². The minimum atomic E-state index is -2.84. The zero-order chi connectivity index (χ0) is 17.1. The van der Waals surface area contributed by atoms with Crippen LogP contribution in [0.5, 0.6) is 5.75 Å². The number of hydrogen-bond acceptors (Lipinski definition) is 6. The molecule has 0 spiro atoms. The summed E-state index contributed by atoms with van der Waals surface area (Å²) in [6.45, 7) is 1.10. The second kappa shape index (κ2) is 7.18. The number of nitrogens with zero attached hydrogens (tertiary/aromatic N) is 5. The van der Waals surface area contributed by atoms with Crippen LogP contribution in [-0.2, 0) is 11.8 Å². The summed E-state index contributed by atoms with van der Waals surface area (Å²) in [6, 6.07) is 6.66. The number of benzene rings is 1. The van der Waals surface area contributed by atoms with Gasteiger partial charge in [0.15, 0.2) is 5.82 Å². The molecule has 1 aromatic heterocycles. The number of rotatable bonds is 5. The van der Waals surface area contributed by atoms with Gasteiger partial charge in [0.25, 0.3) is 0 Å². The lowest BCUT2D eigenvalue weighted by atomic mass is 10.1. The molecule has 24 heavy (non-hydrogen) atoms. The fourth-order valence-corrected chi connectivity index (χ4v) is 2.87. The second-order valence-electron chi connectivity index (χ2n) is 5.64. The molecule has 2 unspecified atom stereocenters. The average Bonchev–Trinajstić information content (AvgIpc) is 3.00. The number of tetrazole rings is 1. The van der Waals surface area contributed by atoms with Gasteiger partial charge >= 0.3 is 6.61 Å². The molecule has 0 aliphatic carbocycles. The van der Waals surface area contributed by atoms with Crippen LogP contribution in [0.4, 0.5) is 8.78 Å². The van der Waals surface area contributed by atoms with Crippen LogP contribution in [0.25, 0.3) is 0 Å². The molecule has 0 bridgehead atoms. The Morgan fingerprint density at radius 2 is 2.21 bits per heavy atom. The van der Waals surface area contributed by atoms with E-state index in [0.29, 0.717) is 13.2 Å². The van der Waals surface area contributed by atoms with Crippen LogP contribution in [0, 0.1) is 0 Å². The predicted molar refractivity (Wildman–Crippen MR) is 80.6 cm³/mol. The first kappa shape index (κ1) is 16.7. The lowest BCUT2D eigenvalue weighted by Crippen LogP contribution is -2.40. The van der Waals surface area contributed by atoms with Crippen LogP contribution in [-0.4, -0.2) is 51.4 Å². The Morgan fingerprint density at radius 1 is 1.38 bits per heavy atom. The van der Waals surface area contributed by atoms with Crippen molar-refractivity contribution >= 4 is 0 Å². The molecular weight excluding hydrogens is 320 g/mol. The van der Waals surface area contributed by atoms with E-state index in [9.17, 15) is 8.78 Å². The van der Waals surface area contributed by atoms with Gasteiger partial charge in [-0.15, -0.1) is 5.10 Å². The van der Waals surface area contributed by atoms with E-state index in [1.807, 2.05) is 13.0 Å². The highest BCUT2D eigenvalue weighted by atomic mass is 19.3. The fraction of sp³-hybridized carbons (Fsp3) is 0.533. The molecule has 0 saturated carbocycles. The summed E-state index contributed by atoms with van der Waals surface area (Å²) < 4.78 is 36.7. The molecule has 3 rings (SSSR count). The molecule has 0 amide bonds. The van der Waals surface area contributed by atoms with Gasteiger partial charge in [-0.05, 0) is 35.0 Å². The smallest absolute Gasteiger partial charge is 0.387 e. The SMILES string of the molecule is CC(c1nnnn1C)N1CCOC(c2cccc(OC(F)F)c2)C1. The minimum absolute atomic E-state index is 0.0249. The average molecular weight is 339 g/mol. The molecular formula is C15H19F2N5O2. The number of aromatic nitrogens is 4. The highest BCUT2D eigenvalue weighted by Gasteiger charge is 2.28. The molecule has 2 aromatic rings. The maximum atomic E-state index is 12.4. The first-order chi connectivity index (χ1) is 11.5. The van der Waals surface area contributed by atoms with Crippen LogP contribution >= 0.6 is 0 Å². The number of hydrogen-bond donors (Lipinski definition) is 0. The zero-order valence-corrected chi connectivity index (χ0v) is 13.5. The molecule has 1 saturated heterocycles. The van der Waals surface area contributed by atoms with Crippen LogP contribution in [0.3, 0.4) is 0 Å². The monoisotopic (exact) mass is 339 g/mol. The van der Waals surface area contributed by atoms with Gasteiger partial charge < -0.3 is 9.47 Å². The van der Waals surface area contributed by atoms with Crippen molar-refractivity contribution in [1.29, 1.82) is 0 Å². The van der Waals surface area contributed by atoms with E-state index in [-0.39, 0.29) is 17.9 Å². The molecule has 1 aliphatic heterocycles. The zero-order valence-electron chi connectivity index (χ0n) is 13.5. The molecule has 130 valence electrons. The van der Waals surface area contributed by atoms with Gasteiger partial charge in [-0.1, -0.05) is 12.1 Å². The van der Waals surface area contributed by atoms with E-state index in [2.05, 4.69) is 25.2 Å². The summed E-state index contributed by atoms with van der Waals surface area (Å²) in [4.78, 5) is 2.21. The van der Waals surface area contributed by atoms with Gasteiger partial charge in [-0.2, -0.15) is 8.78 Å². The Labute approximate surface area is 138 Å². The molecule has 9 heteroatoms. The number of morpholine rings is 1. The molecule has 0 N–H and O–H groups in total. The molecule has 2 heterocycles. The van der Waals surface area contributed by atoms with E-state index < -0.39 is 6.61 Å². The highest BCUT2D eigenvalue weighted by molar-refractivity contribution is 5.30. The molecule has 0 radical (unpaired) electrons. The summed E-state index contributed by atoms with van der Waals surface area (Å²) >= 11 is 0. The fourth-order valence-electron chi connectivity index (χ4n) is 2.87. The Balaban J connectivity index is 1.72. The number of aryl methyl sites for hydroxylation is 1. The van der Waals surface area contributed by atoms with Gasteiger partial charge in [-0.3, -0.25) is 4.90 Å². The third-order valence-corrected chi connectivity index (χ3v) is 4.13. The third-order valence-electron chi connectivity index (χ3n) is 4.13. The van der Waals surface area contributed by atoms with Crippen molar-refractivity contribution in [3.05, 3.63) is 35.7 Å². The van der Waals surface area contributed by atoms with Crippen molar-refractivity contribution < 1.29 is 18.3 Å². The summed E-state index contributed by atoms with van der Waals surface area (Å²) in [5.74, 6) is 0.902. The molecule has 2 atom stereocenters. The van der Waals surface area contributed by atoms with Crippen LogP contribution < -0.4 is 4.74 Å². The van der Waals surface area contributed by atoms with E-state index in [4.69, 9.17) is 4.74 Å². The standard InChI is InChI=1S/C15H19F2N5O2/c1-10(14-18-19-20-21(14)2)22-6-7-23-13(9-22)11-4-3-5-12(8-11)24-15(16)17/h3-5,8,10,13,15H,6-7,9H2,1-2H3. The highest BCUT2D eigenvalue weighted by Crippen LogP contribution is 2.29. The van der Waals surface area contributed by atoms with Gasteiger partial charge in [-0.25, -0.2) is 4.68 Å². The maximum absolute atomic E-state index is 12.4. The minimum Gasteiger partial charge on any atom is -0.435 e. The summed E-state index contributed by atoms with van der Waals surface area (Å²) in [7, 11) is 1.80. The predicted octanol–water partition coefficient (Wildman–Crippen LogP) is 1.95. The Morgan fingerprint density at radius 3 is 2.92 bits per heavy atom. The first-order valence-electron chi connectivity index (χ1n) is 7.67. The number of alkyl halides is 2. The van der Waals surface area contributed by atoms with Crippen molar-refractivity contribution in [2.24, 2.45) is 7.05 Å². The van der Waals surface area contributed by atoms with E-state index in [0.717, 1.165) is 17.9 Å². The summed E-state index contributed by atoms with van der Waals surface area (Å²) in [5.41, 5.74) is 0.807. The molecule has 1 fully saturated rings. The summed E-state index contributed by atoms with van der Waals surface area (Å²) in [5, 5.41) is 11.6. The molecule has 7 nitrogen and oxygen atoms in total. The normalized spacial score (nSPS) is 20.3. The van der Waals surface area contributed by atoms with Crippen LogP contribution in [0.2, 0.25) is 0 Å². The van der Waals surface area contributed by atoms with Crippen molar-refractivity contribution in [3.63, 3.8) is 0 Å². The lowest BCUT2D eigenvalue weighted by Gasteiger charge is -2.36. The van der Waals surface area contributed by atoms with Crippen LogP contribution in [0.1, 0.15) is 30.5 Å². The number of ether oxygens (including phenoxy) is 2. The van der Waals surface area contributed by atoms with Gasteiger partial charge in [0.1, 0.15) is 5.75 Å². The lowest BCUT2D eigenvalue weighted by molar-refractivity contribution is -0.0522. The van der Waals surface area contributed by atoms with Gasteiger partial charge in [0.2, 0.25) is 0 Å². The first-order valence-corrected chi connectivity index (χ1v) is 7.67. The largest absolute Gasteiger partial charge is 0.435 e. The van der Waals surface area contributed by atoms with E-state index >= 15 is 0 Å². The van der Waals surface area contributed by atoms with Gasteiger partial charge in [0, 0.05) is 20.1 Å². The topological polar surface area (TPSA) is 65.3 Å². The van der Waals surface area contributed by atoms with E-state index in [1.165, 1.54) is 6.07 Å². The van der Waals surface area contributed by atoms with Crippen molar-refractivity contribution in [1.82, 2.24) is 25.1 Å². The molecule has 1 aliphatic rings. The van der Waals surface area contributed by atoms with E-state index in [1.54, 1.807) is 23.9 Å². The van der Waals surface area contributed by atoms with Gasteiger partial charge in [0.05, 0.1) is 18.8 Å². The number of halogens is 2. The summed E-state index contributed by atoms with van der Waals surface area (Å²) in [6.07, 6.45) is -0.219. The Kier molecular flexibility index (Phi) is 5.00. The van der Waals surface area contributed by atoms with Crippen molar-refractivity contribution in [3.8, 4) is 5.75 Å². The second-order valence-corrected chi connectivity index (χ2v) is 5.64. The maximum Gasteiger partial charge on any atom is 0.387 e. The van der Waals surface area contributed by atoms with Crippen molar-refractivity contribution in [2.75, 3.05) is 19.7 Å². The quantitative estimate of drug-likeness (QED) is 0.830.